The van der Waals surface area contributed by atoms with Gasteiger partial charge >= 0.3 is 0 Å². The van der Waals surface area contributed by atoms with E-state index in [-0.39, 0.29) is 29.7 Å². The summed E-state index contributed by atoms with van der Waals surface area (Å²) in [5.74, 6) is -0.379. The lowest BCUT2D eigenvalue weighted by Crippen LogP contribution is -2.52. The minimum Gasteiger partial charge on any atom is -0.379 e. The molecular formula is C33H41ClN4O5S. The maximum Gasteiger partial charge on any atom is 0.243 e. The molecule has 9 nitrogen and oxygen atoms in total. The van der Waals surface area contributed by atoms with Crippen LogP contribution in [0.15, 0.2) is 83.8 Å². The molecule has 236 valence electrons. The second-order valence-corrected chi connectivity index (χ2v) is 12.9. The van der Waals surface area contributed by atoms with Gasteiger partial charge in [0.15, 0.2) is 0 Å². The normalized spacial score (nSPS) is 14.6. The lowest BCUT2D eigenvalue weighted by Gasteiger charge is -2.32. The highest BCUT2D eigenvalue weighted by atomic mass is 35.5. The van der Waals surface area contributed by atoms with Crippen molar-refractivity contribution in [3.05, 3.63) is 101 Å². The number of hydrogen-bond acceptors (Lipinski definition) is 6. The number of carbonyl (C=O) groups is 2. The molecule has 3 aromatic rings. The van der Waals surface area contributed by atoms with E-state index in [1.807, 2.05) is 42.5 Å². The van der Waals surface area contributed by atoms with Gasteiger partial charge in [-0.25, -0.2) is 13.1 Å². The minimum atomic E-state index is -3.56. The van der Waals surface area contributed by atoms with Crippen LogP contribution < -0.4 is 10.0 Å². The molecule has 1 heterocycles. The van der Waals surface area contributed by atoms with Gasteiger partial charge in [-0.3, -0.25) is 14.5 Å². The Labute approximate surface area is 265 Å². The molecule has 2 amide bonds. The number of benzene rings is 3. The summed E-state index contributed by atoms with van der Waals surface area (Å²) in [7, 11) is -3.56. The topological polar surface area (TPSA) is 108 Å². The lowest BCUT2D eigenvalue weighted by atomic mass is 10.0. The van der Waals surface area contributed by atoms with Crippen LogP contribution in [0.3, 0.4) is 0 Å². The molecule has 1 unspecified atom stereocenters. The number of amides is 2. The van der Waals surface area contributed by atoms with E-state index in [1.165, 1.54) is 0 Å². The third kappa shape index (κ3) is 10.1. The summed E-state index contributed by atoms with van der Waals surface area (Å²) in [5.41, 5.74) is 2.64. The van der Waals surface area contributed by atoms with Crippen LogP contribution in [0.5, 0.6) is 0 Å². The van der Waals surface area contributed by atoms with Crippen molar-refractivity contribution in [3.8, 4) is 0 Å². The highest BCUT2D eigenvalue weighted by Gasteiger charge is 2.30. The zero-order valence-corrected chi connectivity index (χ0v) is 26.7. The van der Waals surface area contributed by atoms with E-state index in [9.17, 15) is 18.0 Å². The predicted molar refractivity (Wildman–Crippen MR) is 172 cm³/mol. The molecule has 1 saturated heterocycles. The van der Waals surface area contributed by atoms with E-state index in [2.05, 4.69) is 14.9 Å². The van der Waals surface area contributed by atoms with Crippen LogP contribution in [0.2, 0.25) is 5.02 Å². The van der Waals surface area contributed by atoms with Gasteiger partial charge in [-0.05, 0) is 47.4 Å². The number of sulfonamides is 1. The smallest absolute Gasteiger partial charge is 0.243 e. The molecule has 0 radical (unpaired) electrons. The Morgan fingerprint density at radius 3 is 2.25 bits per heavy atom. The molecule has 0 bridgehead atoms. The summed E-state index contributed by atoms with van der Waals surface area (Å²) in [4.78, 5) is 31.8. The van der Waals surface area contributed by atoms with E-state index in [4.69, 9.17) is 16.3 Å². The summed E-state index contributed by atoms with van der Waals surface area (Å²) in [6, 6.07) is 22.8. The Hall–Kier alpha value is -3.28. The van der Waals surface area contributed by atoms with Crippen molar-refractivity contribution in [2.75, 3.05) is 45.9 Å². The molecule has 1 atom stereocenters. The monoisotopic (exact) mass is 640 g/mol. The Morgan fingerprint density at radius 1 is 0.932 bits per heavy atom. The highest BCUT2D eigenvalue weighted by molar-refractivity contribution is 7.89. The van der Waals surface area contributed by atoms with Gasteiger partial charge in [0.2, 0.25) is 21.8 Å². The molecule has 4 rings (SSSR count). The number of morpholine rings is 1. The van der Waals surface area contributed by atoms with Crippen LogP contribution in [0.4, 0.5) is 0 Å². The minimum absolute atomic E-state index is 0.152. The SMILES string of the molecule is CCNS(=O)(=O)c1ccc(CCC(=O)N(Cc2ccc(Cl)cc2)C(Cc2ccccc2)C(=O)NCCN2CCOCC2)cc1. The van der Waals surface area contributed by atoms with Crippen molar-refractivity contribution < 1.29 is 22.7 Å². The molecule has 11 heteroatoms. The van der Waals surface area contributed by atoms with Crippen molar-refractivity contribution in [1.82, 2.24) is 19.8 Å². The number of carbonyl (C=O) groups excluding carboxylic acids is 2. The Balaban J connectivity index is 1.53. The molecule has 0 aliphatic carbocycles. The molecule has 1 fully saturated rings. The first kappa shape index (κ1) is 33.6. The van der Waals surface area contributed by atoms with Gasteiger partial charge in [0.1, 0.15) is 6.04 Å². The standard InChI is InChI=1S/C33H41ClN4O5S/c1-2-36-44(41,42)30-15-10-26(11-16-30)12-17-32(39)38(25-28-8-13-29(34)14-9-28)31(24-27-6-4-3-5-7-27)33(40)35-18-19-37-20-22-43-23-21-37/h3-11,13-16,31,36H,2,12,17-25H2,1H3,(H,35,40). The first-order valence-corrected chi connectivity index (χ1v) is 16.9. The van der Waals surface area contributed by atoms with Gasteiger partial charge in [0.25, 0.3) is 0 Å². The second-order valence-electron chi connectivity index (χ2n) is 10.7. The molecule has 2 N–H and O–H groups in total. The van der Waals surface area contributed by atoms with Crippen LogP contribution in [0.1, 0.15) is 30.0 Å². The Bertz CT molecular complexity index is 1450. The van der Waals surface area contributed by atoms with Crippen LogP contribution in [-0.2, 0) is 43.7 Å². The van der Waals surface area contributed by atoms with Crippen LogP contribution in [-0.4, -0.2) is 82.0 Å². The maximum atomic E-state index is 13.9. The van der Waals surface area contributed by atoms with Gasteiger partial charge in [-0.2, -0.15) is 0 Å². The van der Waals surface area contributed by atoms with Gasteiger partial charge in [0, 0.05) is 57.1 Å². The number of hydrogen-bond donors (Lipinski definition) is 2. The molecular weight excluding hydrogens is 600 g/mol. The van der Waals surface area contributed by atoms with Crippen LogP contribution >= 0.6 is 11.6 Å². The van der Waals surface area contributed by atoms with Crippen molar-refractivity contribution in [2.24, 2.45) is 0 Å². The number of halogens is 1. The fourth-order valence-electron chi connectivity index (χ4n) is 5.12. The van der Waals surface area contributed by atoms with E-state index in [0.717, 1.165) is 29.8 Å². The summed E-state index contributed by atoms with van der Waals surface area (Å²) < 4.78 is 32.6. The highest BCUT2D eigenvalue weighted by Crippen LogP contribution is 2.19. The summed E-state index contributed by atoms with van der Waals surface area (Å²) in [5, 5.41) is 3.68. The van der Waals surface area contributed by atoms with E-state index in [1.54, 1.807) is 48.2 Å². The number of ether oxygens (including phenoxy) is 1. The Kier molecular flexibility index (Phi) is 12.8. The average Bonchev–Trinajstić information content (AvgIpc) is 3.03. The first-order valence-electron chi connectivity index (χ1n) is 15.0. The summed E-state index contributed by atoms with van der Waals surface area (Å²) in [6.07, 6.45) is 0.911. The zero-order chi connectivity index (χ0) is 31.4. The molecule has 0 aromatic heterocycles. The molecule has 0 saturated carbocycles. The van der Waals surface area contributed by atoms with Gasteiger partial charge in [0.05, 0.1) is 18.1 Å². The summed E-state index contributed by atoms with van der Waals surface area (Å²) >= 11 is 6.13. The number of aryl methyl sites for hydroxylation is 1. The third-order valence-electron chi connectivity index (χ3n) is 7.56. The average molecular weight is 641 g/mol. The van der Waals surface area contributed by atoms with E-state index < -0.39 is 16.1 Å². The maximum absolute atomic E-state index is 13.9. The number of rotatable bonds is 15. The summed E-state index contributed by atoms with van der Waals surface area (Å²) in [6.45, 7) is 6.45. The van der Waals surface area contributed by atoms with Gasteiger partial charge < -0.3 is 15.0 Å². The zero-order valence-electron chi connectivity index (χ0n) is 25.1. The molecule has 44 heavy (non-hydrogen) atoms. The van der Waals surface area contributed by atoms with Crippen molar-refractivity contribution in [3.63, 3.8) is 0 Å². The van der Waals surface area contributed by atoms with Crippen molar-refractivity contribution in [1.29, 1.82) is 0 Å². The number of nitrogens with one attached hydrogen (secondary N) is 2. The van der Waals surface area contributed by atoms with Gasteiger partial charge in [-0.1, -0.05) is 73.1 Å². The lowest BCUT2D eigenvalue weighted by molar-refractivity contribution is -0.141. The van der Waals surface area contributed by atoms with Crippen LogP contribution in [0, 0.1) is 0 Å². The quantitative estimate of drug-likeness (QED) is 0.263. The van der Waals surface area contributed by atoms with Crippen molar-refractivity contribution in [2.45, 2.75) is 43.7 Å². The predicted octanol–water partition coefficient (Wildman–Crippen LogP) is 3.66. The Morgan fingerprint density at radius 2 is 1.59 bits per heavy atom. The molecule has 3 aromatic carbocycles. The molecule has 1 aliphatic rings. The van der Waals surface area contributed by atoms with E-state index in [0.29, 0.717) is 50.7 Å². The van der Waals surface area contributed by atoms with Crippen LogP contribution in [0.25, 0.3) is 0 Å². The first-order chi connectivity index (χ1) is 21.2. The fourth-order valence-corrected chi connectivity index (χ4v) is 6.29. The molecule has 1 aliphatic heterocycles. The number of nitrogens with zero attached hydrogens (tertiary/aromatic N) is 2. The van der Waals surface area contributed by atoms with E-state index >= 15 is 0 Å². The third-order valence-corrected chi connectivity index (χ3v) is 9.38. The molecule has 0 spiro atoms. The van der Waals surface area contributed by atoms with Gasteiger partial charge in [-0.15, -0.1) is 0 Å². The van der Waals surface area contributed by atoms with Crippen molar-refractivity contribution >= 4 is 33.4 Å². The fraction of sp³-hybridized carbons (Fsp3) is 0.394. The second kappa shape index (κ2) is 16.7. The largest absolute Gasteiger partial charge is 0.379 e.